The average molecular weight is 170 g/mol. The third-order valence-corrected chi connectivity index (χ3v) is 1.47. The van der Waals surface area contributed by atoms with Crippen LogP contribution in [0.2, 0.25) is 0 Å². The fraction of sp³-hybridized carbons (Fsp3) is 0.625. The monoisotopic (exact) mass is 170 g/mol. The molecule has 2 N–H and O–H groups in total. The number of nitrogens with zero attached hydrogens (tertiary/aromatic N) is 1. The minimum Gasteiger partial charge on any atom is -0.444 e. The maximum absolute atomic E-state index is 5.33. The predicted molar refractivity (Wildman–Crippen MR) is 44.6 cm³/mol. The van der Waals surface area contributed by atoms with Crippen molar-refractivity contribution in [3.8, 4) is 0 Å². The van der Waals surface area contributed by atoms with Gasteiger partial charge in [-0.25, -0.2) is 4.98 Å². The third-order valence-electron chi connectivity index (χ3n) is 1.47. The molecule has 0 aliphatic carbocycles. The Bertz CT molecular complexity index is 223. The number of hydrogen-bond acceptors (Lipinski definition) is 4. The van der Waals surface area contributed by atoms with Crippen LogP contribution in [0.25, 0.3) is 0 Å². The van der Waals surface area contributed by atoms with Crippen molar-refractivity contribution < 1.29 is 9.15 Å². The van der Waals surface area contributed by atoms with Crippen LogP contribution in [0.5, 0.6) is 0 Å². The van der Waals surface area contributed by atoms with Crippen LogP contribution in [0, 0.1) is 0 Å². The number of nitrogens with two attached hydrogens (primary N) is 1. The second-order valence-corrected chi connectivity index (χ2v) is 2.37. The Hall–Kier alpha value is -0.870. The Morgan fingerprint density at radius 3 is 3.08 bits per heavy atom. The lowest BCUT2D eigenvalue weighted by molar-refractivity contribution is 0.146. The van der Waals surface area contributed by atoms with Crippen molar-refractivity contribution in [3.05, 3.63) is 17.8 Å². The highest BCUT2D eigenvalue weighted by atomic mass is 16.5. The molecule has 0 amide bonds. The molecule has 4 nitrogen and oxygen atoms in total. The minimum absolute atomic E-state index is 0.356. The first-order valence-corrected chi connectivity index (χ1v) is 4.08. The summed E-state index contributed by atoms with van der Waals surface area (Å²) in [4.78, 5) is 3.97. The second kappa shape index (κ2) is 4.90. The van der Waals surface area contributed by atoms with Gasteiger partial charge >= 0.3 is 0 Å². The second-order valence-electron chi connectivity index (χ2n) is 2.37. The highest BCUT2D eigenvalue weighted by molar-refractivity contribution is 4.93. The summed E-state index contributed by atoms with van der Waals surface area (Å²) in [5, 5.41) is 0. The summed E-state index contributed by atoms with van der Waals surface area (Å²) in [6.45, 7) is 3.73. The number of ether oxygens (including phenoxy) is 1. The molecule has 1 aromatic rings. The molecule has 0 saturated carbocycles. The van der Waals surface area contributed by atoms with Gasteiger partial charge in [0.05, 0.1) is 19.3 Å². The van der Waals surface area contributed by atoms with E-state index in [1.165, 1.54) is 0 Å². The van der Waals surface area contributed by atoms with Gasteiger partial charge in [0.1, 0.15) is 5.76 Å². The Morgan fingerprint density at radius 2 is 2.50 bits per heavy atom. The van der Waals surface area contributed by atoms with Crippen LogP contribution in [-0.4, -0.2) is 18.2 Å². The number of rotatable bonds is 5. The van der Waals surface area contributed by atoms with Crippen LogP contribution in [0.1, 0.15) is 18.6 Å². The highest BCUT2D eigenvalue weighted by Crippen LogP contribution is 2.03. The van der Waals surface area contributed by atoms with E-state index in [0.717, 1.165) is 18.8 Å². The molecule has 0 radical (unpaired) electrons. The predicted octanol–water partition coefficient (Wildman–Crippen LogP) is 0.712. The minimum atomic E-state index is 0.356. The molecule has 4 heteroatoms. The largest absolute Gasteiger partial charge is 0.444 e. The van der Waals surface area contributed by atoms with E-state index in [9.17, 15) is 0 Å². The van der Waals surface area contributed by atoms with E-state index >= 15 is 0 Å². The summed E-state index contributed by atoms with van der Waals surface area (Å²) in [7, 11) is 0. The van der Waals surface area contributed by atoms with Gasteiger partial charge in [-0.2, -0.15) is 0 Å². The lowest BCUT2D eigenvalue weighted by Crippen LogP contribution is -1.97. The van der Waals surface area contributed by atoms with Gasteiger partial charge in [-0.05, 0) is 6.92 Å². The van der Waals surface area contributed by atoms with E-state index in [1.54, 1.807) is 6.20 Å². The number of oxazole rings is 1. The fourth-order valence-corrected chi connectivity index (χ4v) is 0.875. The fourth-order valence-electron chi connectivity index (χ4n) is 0.875. The van der Waals surface area contributed by atoms with Crippen LogP contribution in [0.4, 0.5) is 0 Å². The maximum atomic E-state index is 5.33. The SMILES string of the molecule is CCOCCc1cnc(CN)o1. The summed E-state index contributed by atoms with van der Waals surface area (Å²) < 4.78 is 10.4. The van der Waals surface area contributed by atoms with Crippen LogP contribution < -0.4 is 5.73 Å². The van der Waals surface area contributed by atoms with E-state index < -0.39 is 0 Å². The van der Waals surface area contributed by atoms with Crippen LogP contribution in [0.3, 0.4) is 0 Å². The molecule has 12 heavy (non-hydrogen) atoms. The number of hydrogen-bond donors (Lipinski definition) is 1. The van der Waals surface area contributed by atoms with E-state index in [1.807, 2.05) is 6.92 Å². The van der Waals surface area contributed by atoms with Crippen molar-refractivity contribution in [2.45, 2.75) is 19.9 Å². The zero-order chi connectivity index (χ0) is 8.81. The van der Waals surface area contributed by atoms with Gasteiger partial charge in [-0.15, -0.1) is 0 Å². The van der Waals surface area contributed by atoms with Crippen LogP contribution in [-0.2, 0) is 17.7 Å². The van der Waals surface area contributed by atoms with Crippen LogP contribution >= 0.6 is 0 Å². The van der Waals surface area contributed by atoms with Gasteiger partial charge in [-0.1, -0.05) is 0 Å². The van der Waals surface area contributed by atoms with Gasteiger partial charge in [0.2, 0.25) is 5.89 Å². The summed E-state index contributed by atoms with van der Waals surface area (Å²) >= 11 is 0. The summed E-state index contributed by atoms with van der Waals surface area (Å²) in [6, 6.07) is 0. The van der Waals surface area contributed by atoms with E-state index in [2.05, 4.69) is 4.98 Å². The zero-order valence-electron chi connectivity index (χ0n) is 7.25. The topological polar surface area (TPSA) is 61.3 Å². The van der Waals surface area contributed by atoms with Gasteiger partial charge in [0, 0.05) is 13.0 Å². The molecule has 0 atom stereocenters. The van der Waals surface area contributed by atoms with Crippen molar-refractivity contribution in [2.75, 3.05) is 13.2 Å². The average Bonchev–Trinajstić information content (AvgIpc) is 2.53. The van der Waals surface area contributed by atoms with E-state index in [4.69, 9.17) is 14.9 Å². The van der Waals surface area contributed by atoms with Crippen LogP contribution in [0.15, 0.2) is 10.6 Å². The summed E-state index contributed by atoms with van der Waals surface area (Å²) in [6.07, 6.45) is 2.46. The third kappa shape index (κ3) is 2.64. The highest BCUT2D eigenvalue weighted by Gasteiger charge is 2.00. The molecular weight excluding hydrogens is 156 g/mol. The Labute approximate surface area is 71.7 Å². The molecular formula is C8H14N2O2. The molecule has 0 spiro atoms. The molecule has 68 valence electrons. The van der Waals surface area contributed by atoms with Gasteiger partial charge < -0.3 is 14.9 Å². The van der Waals surface area contributed by atoms with Gasteiger partial charge in [0.15, 0.2) is 0 Å². The van der Waals surface area contributed by atoms with Gasteiger partial charge in [-0.3, -0.25) is 0 Å². The zero-order valence-corrected chi connectivity index (χ0v) is 7.25. The molecule has 0 aliphatic heterocycles. The molecule has 0 aliphatic rings. The standard InChI is InChI=1S/C8H14N2O2/c1-2-11-4-3-7-6-10-8(5-9)12-7/h6H,2-5,9H2,1H3. The first-order valence-electron chi connectivity index (χ1n) is 4.08. The van der Waals surface area contributed by atoms with E-state index in [-0.39, 0.29) is 0 Å². The van der Waals surface area contributed by atoms with Crippen molar-refractivity contribution in [2.24, 2.45) is 5.73 Å². The summed E-state index contributed by atoms with van der Waals surface area (Å²) in [5.74, 6) is 1.42. The normalized spacial score (nSPS) is 10.5. The smallest absolute Gasteiger partial charge is 0.208 e. The Morgan fingerprint density at radius 1 is 1.67 bits per heavy atom. The molecule has 0 aromatic carbocycles. The van der Waals surface area contributed by atoms with Crippen molar-refractivity contribution in [1.29, 1.82) is 0 Å². The first-order chi connectivity index (χ1) is 5.86. The molecule has 1 heterocycles. The van der Waals surface area contributed by atoms with Gasteiger partial charge in [0.25, 0.3) is 0 Å². The lowest BCUT2D eigenvalue weighted by Gasteiger charge is -1.96. The molecule has 0 fully saturated rings. The lowest BCUT2D eigenvalue weighted by atomic mass is 10.4. The first kappa shape index (κ1) is 9.22. The molecule has 1 aromatic heterocycles. The number of aromatic nitrogens is 1. The maximum Gasteiger partial charge on any atom is 0.208 e. The molecule has 0 unspecified atom stereocenters. The molecule has 1 rings (SSSR count). The van der Waals surface area contributed by atoms with Crippen molar-refractivity contribution >= 4 is 0 Å². The summed E-state index contributed by atoms with van der Waals surface area (Å²) in [5.41, 5.74) is 5.33. The van der Waals surface area contributed by atoms with Crippen molar-refractivity contribution in [1.82, 2.24) is 4.98 Å². The Kier molecular flexibility index (Phi) is 3.76. The molecule has 0 bridgehead atoms. The molecule has 0 saturated heterocycles. The Balaban J connectivity index is 2.31. The quantitative estimate of drug-likeness (QED) is 0.661. The van der Waals surface area contributed by atoms with Crippen molar-refractivity contribution in [3.63, 3.8) is 0 Å². The van der Waals surface area contributed by atoms with E-state index in [0.29, 0.717) is 19.0 Å².